The normalized spacial score (nSPS) is 15.1. The Morgan fingerprint density at radius 1 is 1.08 bits per heavy atom. The van der Waals surface area contributed by atoms with E-state index in [1.165, 1.54) is 0 Å². The minimum absolute atomic E-state index is 0.0334. The molecular weight excluding hydrogens is 472 g/mol. The van der Waals surface area contributed by atoms with E-state index in [2.05, 4.69) is 10.3 Å². The van der Waals surface area contributed by atoms with Crippen molar-refractivity contribution in [3.63, 3.8) is 0 Å². The van der Waals surface area contributed by atoms with Crippen LogP contribution in [-0.4, -0.2) is 22.0 Å². The van der Waals surface area contributed by atoms with E-state index in [0.29, 0.717) is 10.7 Å². The second-order valence-corrected chi connectivity index (χ2v) is 9.98. The van der Waals surface area contributed by atoms with Gasteiger partial charge in [0.2, 0.25) is 5.91 Å². The molecule has 1 fully saturated rings. The number of halogens is 1. The summed E-state index contributed by atoms with van der Waals surface area (Å²) >= 11 is 6.27. The Morgan fingerprint density at radius 3 is 2.42 bits per heavy atom. The van der Waals surface area contributed by atoms with Crippen molar-refractivity contribution in [2.75, 3.05) is 5.32 Å². The van der Waals surface area contributed by atoms with Crippen molar-refractivity contribution < 1.29 is 14.7 Å². The Hall–Kier alpha value is -3.44. The van der Waals surface area contributed by atoms with Crippen molar-refractivity contribution in [1.29, 1.82) is 0 Å². The number of aromatic nitrogens is 1. The first-order valence-electron chi connectivity index (χ1n) is 12.3. The molecule has 1 aromatic heterocycles. The molecule has 2 aromatic carbocycles. The summed E-state index contributed by atoms with van der Waals surface area (Å²) in [7, 11) is 0. The monoisotopic (exact) mass is 502 g/mol. The molecule has 1 aliphatic rings. The Morgan fingerprint density at radius 2 is 1.78 bits per heavy atom. The molecule has 6 heteroatoms. The number of carbonyl (C=O) groups excluding carboxylic acids is 1. The third-order valence-corrected chi connectivity index (χ3v) is 7.51. The van der Waals surface area contributed by atoms with Crippen LogP contribution in [0.25, 0.3) is 17.2 Å². The van der Waals surface area contributed by atoms with Gasteiger partial charge in [0.05, 0.1) is 16.6 Å². The number of aliphatic carboxylic acids is 1. The highest BCUT2D eigenvalue weighted by molar-refractivity contribution is 6.31. The quantitative estimate of drug-likeness (QED) is 0.329. The summed E-state index contributed by atoms with van der Waals surface area (Å²) in [6.07, 6.45) is 7.76. The minimum atomic E-state index is -0.961. The maximum absolute atomic E-state index is 13.7. The first kappa shape index (κ1) is 25.6. The number of hydrogen-bond acceptors (Lipinski definition) is 3. The molecule has 0 unspecified atom stereocenters. The molecule has 0 saturated heterocycles. The smallest absolute Gasteiger partial charge is 0.331 e. The zero-order chi connectivity index (χ0) is 25.8. The number of carbonyl (C=O) groups is 2. The van der Waals surface area contributed by atoms with Gasteiger partial charge in [-0.1, -0.05) is 60.8 Å². The van der Waals surface area contributed by atoms with Gasteiger partial charge < -0.3 is 10.4 Å². The molecule has 4 rings (SSSR count). The summed E-state index contributed by atoms with van der Waals surface area (Å²) in [4.78, 5) is 29.3. The minimum Gasteiger partial charge on any atom is -0.478 e. The zero-order valence-electron chi connectivity index (χ0n) is 20.8. The van der Waals surface area contributed by atoms with E-state index < -0.39 is 5.97 Å². The third-order valence-electron chi connectivity index (χ3n) is 7.12. The average Bonchev–Trinajstić information content (AvgIpc) is 3.38. The lowest BCUT2D eigenvalue weighted by molar-refractivity contribution is -0.132. The van der Waals surface area contributed by atoms with Gasteiger partial charge in [-0.3, -0.25) is 9.78 Å². The summed E-state index contributed by atoms with van der Waals surface area (Å²) in [5.74, 6) is -0.976. The van der Waals surface area contributed by atoms with Crippen LogP contribution in [0.3, 0.4) is 0 Å². The number of hydrogen-bond donors (Lipinski definition) is 2. The summed E-state index contributed by atoms with van der Waals surface area (Å²) in [6.45, 7) is 5.34. The van der Waals surface area contributed by atoms with E-state index in [1.54, 1.807) is 13.0 Å². The number of anilines is 1. The first-order chi connectivity index (χ1) is 17.2. The number of carboxylic acid groups (broad SMARTS) is 1. The van der Waals surface area contributed by atoms with Crippen LogP contribution in [0.5, 0.6) is 0 Å². The van der Waals surface area contributed by atoms with Crippen LogP contribution >= 0.6 is 11.6 Å². The first-order valence-corrected chi connectivity index (χ1v) is 12.7. The maximum atomic E-state index is 13.7. The van der Waals surface area contributed by atoms with Gasteiger partial charge in [-0.2, -0.15) is 0 Å². The predicted molar refractivity (Wildman–Crippen MR) is 145 cm³/mol. The third kappa shape index (κ3) is 5.68. The van der Waals surface area contributed by atoms with Crippen LogP contribution < -0.4 is 5.32 Å². The second-order valence-electron chi connectivity index (χ2n) is 9.58. The molecule has 1 amide bonds. The highest BCUT2D eigenvalue weighted by Gasteiger charge is 2.32. The lowest BCUT2D eigenvalue weighted by Gasteiger charge is -2.24. The van der Waals surface area contributed by atoms with E-state index in [0.717, 1.165) is 59.2 Å². The molecule has 1 aliphatic carbocycles. The molecular formula is C30H31ClN2O3. The van der Waals surface area contributed by atoms with Crippen molar-refractivity contribution in [2.45, 2.75) is 52.4 Å². The molecule has 1 atom stereocenters. The lowest BCUT2D eigenvalue weighted by atomic mass is 9.83. The second kappa shape index (κ2) is 11.1. The molecule has 186 valence electrons. The van der Waals surface area contributed by atoms with Crippen molar-refractivity contribution >= 4 is 35.2 Å². The van der Waals surface area contributed by atoms with Gasteiger partial charge in [-0.15, -0.1) is 0 Å². The fraction of sp³-hybridized carbons (Fsp3) is 0.300. The van der Waals surface area contributed by atoms with Crippen LogP contribution in [0.2, 0.25) is 5.02 Å². The zero-order valence-corrected chi connectivity index (χ0v) is 21.6. The number of aryl methyl sites for hydroxylation is 1. The van der Waals surface area contributed by atoms with Crippen molar-refractivity contribution in [3.8, 4) is 11.1 Å². The average molecular weight is 503 g/mol. The molecule has 0 aliphatic heterocycles. The van der Waals surface area contributed by atoms with Gasteiger partial charge in [0.25, 0.3) is 0 Å². The van der Waals surface area contributed by atoms with Crippen molar-refractivity contribution in [3.05, 3.63) is 87.7 Å². The van der Waals surface area contributed by atoms with E-state index in [9.17, 15) is 14.7 Å². The topological polar surface area (TPSA) is 79.3 Å². The number of carboxylic acids is 1. The molecule has 3 aromatic rings. The van der Waals surface area contributed by atoms with Crippen LogP contribution in [0, 0.1) is 19.8 Å². The van der Waals surface area contributed by atoms with Gasteiger partial charge in [0, 0.05) is 23.0 Å². The van der Waals surface area contributed by atoms with Crippen LogP contribution in [0.4, 0.5) is 5.69 Å². The van der Waals surface area contributed by atoms with E-state index >= 15 is 0 Å². The number of amides is 1. The van der Waals surface area contributed by atoms with Gasteiger partial charge in [-0.25, -0.2) is 4.79 Å². The van der Waals surface area contributed by atoms with Gasteiger partial charge >= 0.3 is 5.97 Å². The Labute approximate surface area is 217 Å². The number of nitrogens with one attached hydrogen (secondary N) is 1. The van der Waals surface area contributed by atoms with Crippen molar-refractivity contribution in [1.82, 2.24) is 4.98 Å². The fourth-order valence-electron chi connectivity index (χ4n) is 4.93. The van der Waals surface area contributed by atoms with Gasteiger partial charge in [0.15, 0.2) is 0 Å². The largest absolute Gasteiger partial charge is 0.478 e. The molecule has 0 bridgehead atoms. The van der Waals surface area contributed by atoms with Crippen molar-refractivity contribution in [2.24, 2.45) is 5.92 Å². The van der Waals surface area contributed by atoms with E-state index in [1.807, 2.05) is 68.6 Å². The highest BCUT2D eigenvalue weighted by atomic mass is 35.5. The SMILES string of the molecule is C/C(=C\c1cccc(NC(=O)[C@@H](c2ccc(-c3cnc(C)c(Cl)c3)cc2)C2CCCC2)c1C)C(=O)O. The molecule has 5 nitrogen and oxygen atoms in total. The van der Waals surface area contributed by atoms with Crippen LogP contribution in [-0.2, 0) is 9.59 Å². The Kier molecular flexibility index (Phi) is 7.90. The molecule has 2 N–H and O–H groups in total. The molecule has 1 saturated carbocycles. The standard InChI is InChI=1S/C30H31ClN2O3/c1-18(30(35)36)15-24-9-6-10-27(19(24)2)33-29(34)28(22-7-4-5-8-22)23-13-11-21(12-14-23)25-16-26(31)20(3)32-17-25/h6,9-17,22,28H,4-5,7-8H2,1-3H3,(H,33,34)(H,35,36)/b18-15+/t28-/m1/s1. The molecule has 36 heavy (non-hydrogen) atoms. The summed E-state index contributed by atoms with van der Waals surface area (Å²) in [5, 5.41) is 13.0. The lowest BCUT2D eigenvalue weighted by Crippen LogP contribution is -2.27. The summed E-state index contributed by atoms with van der Waals surface area (Å²) < 4.78 is 0. The predicted octanol–water partition coefficient (Wildman–Crippen LogP) is 7.42. The van der Waals surface area contributed by atoms with Gasteiger partial charge in [-0.05, 0) is 80.0 Å². The number of nitrogens with zero attached hydrogens (tertiary/aromatic N) is 1. The molecule has 0 spiro atoms. The number of benzene rings is 2. The fourth-order valence-corrected chi connectivity index (χ4v) is 5.09. The molecule has 0 radical (unpaired) electrons. The maximum Gasteiger partial charge on any atom is 0.331 e. The summed E-state index contributed by atoms with van der Waals surface area (Å²) in [5.41, 5.74) is 6.30. The Bertz CT molecular complexity index is 1310. The van der Waals surface area contributed by atoms with Gasteiger partial charge in [0.1, 0.15) is 0 Å². The highest BCUT2D eigenvalue weighted by Crippen LogP contribution is 2.39. The van der Waals surface area contributed by atoms with E-state index in [4.69, 9.17) is 11.6 Å². The van der Waals surface area contributed by atoms with E-state index in [-0.39, 0.29) is 23.3 Å². The number of pyridine rings is 1. The number of rotatable bonds is 7. The van der Waals surface area contributed by atoms with Crippen LogP contribution in [0.15, 0.2) is 60.3 Å². The molecule has 1 heterocycles. The summed E-state index contributed by atoms with van der Waals surface area (Å²) in [6, 6.07) is 15.6. The van der Waals surface area contributed by atoms with Crippen LogP contribution in [0.1, 0.15) is 60.9 Å². The Balaban J connectivity index is 1.61.